The second kappa shape index (κ2) is 9.43. The molecule has 0 bridgehead atoms. The zero-order valence-electron chi connectivity index (χ0n) is 19.2. The number of pyridine rings is 1. The summed E-state index contributed by atoms with van der Waals surface area (Å²) >= 11 is 0. The Hall–Kier alpha value is -3.07. The van der Waals surface area contributed by atoms with Gasteiger partial charge in [-0.15, -0.1) is 0 Å². The number of rotatable bonds is 5. The van der Waals surface area contributed by atoms with Crippen LogP contribution in [-0.4, -0.2) is 66.4 Å². The van der Waals surface area contributed by atoms with Crippen molar-refractivity contribution in [2.75, 3.05) is 31.9 Å². The summed E-state index contributed by atoms with van der Waals surface area (Å²) in [5, 5.41) is 0. The van der Waals surface area contributed by atoms with Crippen molar-refractivity contribution in [2.45, 2.75) is 51.6 Å². The maximum atomic E-state index is 13.2. The van der Waals surface area contributed by atoms with Gasteiger partial charge in [-0.05, 0) is 50.9 Å². The first-order valence-corrected chi connectivity index (χ1v) is 12.0. The van der Waals surface area contributed by atoms with Crippen LogP contribution in [0.4, 0.5) is 5.95 Å². The molecular weight excluding hydrogens is 416 g/mol. The van der Waals surface area contributed by atoms with E-state index < -0.39 is 0 Å². The summed E-state index contributed by atoms with van der Waals surface area (Å²) in [6, 6.07) is 4.33. The molecule has 5 heterocycles. The molecule has 2 N–H and O–H groups in total. The molecule has 0 unspecified atom stereocenters. The highest BCUT2D eigenvalue weighted by atomic mass is 16.2. The number of nitrogens with zero attached hydrogens (tertiary/aromatic N) is 7. The molecule has 33 heavy (non-hydrogen) atoms. The number of aryl methyl sites for hydroxylation is 1. The Morgan fingerprint density at radius 3 is 2.48 bits per heavy atom. The molecule has 2 aliphatic rings. The number of carbonyl (C=O) groups is 1. The molecule has 3 aromatic heterocycles. The van der Waals surface area contributed by atoms with E-state index in [1.54, 1.807) is 12.4 Å². The number of hydrogen-bond donors (Lipinski definition) is 1. The third kappa shape index (κ3) is 4.55. The minimum atomic E-state index is 0.127. The largest absolute Gasteiger partial charge is 0.368 e. The summed E-state index contributed by atoms with van der Waals surface area (Å²) in [6.45, 7) is 6.40. The number of likely N-dealkylation sites (tertiary alicyclic amines) is 2. The van der Waals surface area contributed by atoms with Gasteiger partial charge in [-0.3, -0.25) is 9.69 Å². The summed E-state index contributed by atoms with van der Waals surface area (Å²) in [5.41, 5.74) is 8.56. The molecule has 0 aliphatic carbocycles. The maximum absolute atomic E-state index is 13.2. The Bertz CT molecular complexity index is 1100. The average molecular weight is 449 g/mol. The van der Waals surface area contributed by atoms with Crippen LogP contribution < -0.4 is 5.73 Å². The number of aromatic nitrogens is 5. The fourth-order valence-electron chi connectivity index (χ4n) is 5.25. The van der Waals surface area contributed by atoms with Crippen molar-refractivity contribution in [3.8, 4) is 0 Å². The third-order valence-electron chi connectivity index (χ3n) is 7.05. The Balaban J connectivity index is 1.15. The molecule has 2 aliphatic heterocycles. The van der Waals surface area contributed by atoms with Crippen LogP contribution in [0.15, 0.2) is 30.7 Å². The van der Waals surface area contributed by atoms with Crippen LogP contribution in [0, 0.1) is 5.92 Å². The van der Waals surface area contributed by atoms with E-state index >= 15 is 0 Å². The molecule has 0 atom stereocenters. The fourth-order valence-corrected chi connectivity index (χ4v) is 5.25. The molecule has 9 heteroatoms. The first kappa shape index (κ1) is 21.8. The van der Waals surface area contributed by atoms with Crippen LogP contribution >= 0.6 is 0 Å². The lowest BCUT2D eigenvalue weighted by Crippen LogP contribution is -2.45. The van der Waals surface area contributed by atoms with E-state index in [9.17, 15) is 4.79 Å². The highest BCUT2D eigenvalue weighted by molar-refractivity contribution is 5.79. The van der Waals surface area contributed by atoms with Gasteiger partial charge in [0.05, 0.1) is 0 Å². The zero-order valence-corrected chi connectivity index (χ0v) is 19.2. The van der Waals surface area contributed by atoms with Crippen molar-refractivity contribution < 1.29 is 4.79 Å². The molecule has 3 aromatic rings. The van der Waals surface area contributed by atoms with E-state index in [-0.39, 0.29) is 5.92 Å². The van der Waals surface area contributed by atoms with E-state index in [0.717, 1.165) is 87.4 Å². The SMILES string of the molecule is CCc1nc2cccnc2n1C1CCN(C(=O)C2CCN(Cc3cnc(N)nc3)CC2)CC1. The van der Waals surface area contributed by atoms with Crippen molar-refractivity contribution in [1.82, 2.24) is 34.3 Å². The van der Waals surface area contributed by atoms with Gasteiger partial charge in [-0.2, -0.15) is 0 Å². The Morgan fingerprint density at radius 1 is 1.06 bits per heavy atom. The third-order valence-corrected chi connectivity index (χ3v) is 7.05. The second-order valence-electron chi connectivity index (χ2n) is 9.15. The van der Waals surface area contributed by atoms with Gasteiger partial charge in [0.2, 0.25) is 11.9 Å². The number of fused-ring (bicyclic) bond motifs is 1. The van der Waals surface area contributed by atoms with Gasteiger partial charge in [0.15, 0.2) is 5.65 Å². The predicted molar refractivity (Wildman–Crippen MR) is 126 cm³/mol. The minimum Gasteiger partial charge on any atom is -0.368 e. The maximum Gasteiger partial charge on any atom is 0.225 e. The number of hydrogen-bond acceptors (Lipinski definition) is 7. The number of imidazole rings is 1. The molecule has 0 aromatic carbocycles. The molecule has 0 radical (unpaired) electrons. The lowest BCUT2D eigenvalue weighted by atomic mass is 9.93. The van der Waals surface area contributed by atoms with Crippen molar-refractivity contribution in [3.63, 3.8) is 0 Å². The monoisotopic (exact) mass is 448 g/mol. The number of carbonyl (C=O) groups excluding carboxylic acids is 1. The molecule has 5 rings (SSSR count). The van der Waals surface area contributed by atoms with Crippen LogP contribution in [0.25, 0.3) is 11.2 Å². The molecule has 0 saturated carbocycles. The van der Waals surface area contributed by atoms with Crippen LogP contribution in [0.1, 0.15) is 50.0 Å². The smallest absolute Gasteiger partial charge is 0.225 e. The predicted octanol–water partition coefficient (Wildman–Crippen LogP) is 2.44. The van der Waals surface area contributed by atoms with Gasteiger partial charge in [0.25, 0.3) is 0 Å². The van der Waals surface area contributed by atoms with E-state index in [2.05, 4.69) is 36.2 Å². The van der Waals surface area contributed by atoms with Crippen LogP contribution in [-0.2, 0) is 17.8 Å². The standard InChI is InChI=1S/C24H32N8O/c1-2-21-29-20-4-3-9-26-22(20)32(21)19-7-12-31(13-8-19)23(33)18-5-10-30(11-6-18)16-17-14-27-24(25)28-15-17/h3-4,9,14-15,18-19H,2,5-8,10-13,16H2,1H3,(H2,25,27,28). The van der Waals surface area contributed by atoms with E-state index in [0.29, 0.717) is 17.9 Å². The van der Waals surface area contributed by atoms with Crippen molar-refractivity contribution in [1.29, 1.82) is 0 Å². The van der Waals surface area contributed by atoms with E-state index in [1.807, 2.05) is 18.3 Å². The lowest BCUT2D eigenvalue weighted by Gasteiger charge is -2.37. The van der Waals surface area contributed by atoms with Crippen molar-refractivity contribution >= 4 is 23.0 Å². The van der Waals surface area contributed by atoms with Crippen molar-refractivity contribution in [2.24, 2.45) is 5.92 Å². The number of amides is 1. The highest BCUT2D eigenvalue weighted by Crippen LogP contribution is 2.30. The van der Waals surface area contributed by atoms with E-state index in [4.69, 9.17) is 10.7 Å². The fraction of sp³-hybridized carbons (Fsp3) is 0.542. The minimum absolute atomic E-state index is 0.127. The summed E-state index contributed by atoms with van der Waals surface area (Å²) in [7, 11) is 0. The molecule has 2 fully saturated rings. The molecule has 1 amide bonds. The first-order valence-electron chi connectivity index (χ1n) is 12.0. The topological polar surface area (TPSA) is 106 Å². The number of nitrogens with two attached hydrogens (primary N) is 1. The second-order valence-corrected chi connectivity index (χ2v) is 9.15. The van der Waals surface area contributed by atoms with Gasteiger partial charge < -0.3 is 15.2 Å². The van der Waals surface area contributed by atoms with Gasteiger partial charge in [0.1, 0.15) is 11.3 Å². The molecule has 174 valence electrons. The molecular formula is C24H32N8O. The van der Waals surface area contributed by atoms with Gasteiger partial charge in [0, 0.05) is 62.2 Å². The first-order chi connectivity index (χ1) is 16.1. The van der Waals surface area contributed by atoms with Gasteiger partial charge >= 0.3 is 0 Å². The van der Waals surface area contributed by atoms with Crippen LogP contribution in [0.3, 0.4) is 0 Å². The average Bonchev–Trinajstić information content (AvgIpc) is 3.24. The summed E-state index contributed by atoms with van der Waals surface area (Å²) < 4.78 is 2.32. The van der Waals surface area contributed by atoms with Gasteiger partial charge in [-0.1, -0.05) is 6.92 Å². The van der Waals surface area contributed by atoms with Gasteiger partial charge in [-0.25, -0.2) is 19.9 Å². The number of nitrogen functional groups attached to an aromatic ring is 1. The molecule has 9 nitrogen and oxygen atoms in total. The zero-order chi connectivity index (χ0) is 22.8. The van der Waals surface area contributed by atoms with Crippen molar-refractivity contribution in [3.05, 3.63) is 42.1 Å². The highest BCUT2D eigenvalue weighted by Gasteiger charge is 2.32. The number of anilines is 1. The summed E-state index contributed by atoms with van der Waals surface area (Å²) in [6.07, 6.45) is 10.0. The summed E-state index contributed by atoms with van der Waals surface area (Å²) in [5.74, 6) is 1.85. The van der Waals surface area contributed by atoms with E-state index in [1.165, 1.54) is 0 Å². The Labute approximate surface area is 194 Å². The lowest BCUT2D eigenvalue weighted by molar-refractivity contribution is -0.138. The summed E-state index contributed by atoms with van der Waals surface area (Å²) in [4.78, 5) is 35.2. The van der Waals surface area contributed by atoms with Crippen LogP contribution in [0.5, 0.6) is 0 Å². The quantitative estimate of drug-likeness (QED) is 0.639. The molecule has 0 spiro atoms. The Morgan fingerprint density at radius 2 is 1.79 bits per heavy atom. The Kier molecular flexibility index (Phi) is 6.22. The number of piperidine rings is 2. The normalized spacial score (nSPS) is 18.8. The molecule has 2 saturated heterocycles. The van der Waals surface area contributed by atoms with Crippen LogP contribution in [0.2, 0.25) is 0 Å².